The SMILES string of the molecule is COc1cccc(N2C(=O)NC(=NC3CCCC3)C23CCN(CCC(C)C)C3)c1. The number of amides is 2. The molecule has 1 saturated carbocycles. The molecule has 2 aliphatic heterocycles. The Labute approximate surface area is 174 Å². The molecule has 158 valence electrons. The van der Waals surface area contributed by atoms with Gasteiger partial charge in [-0.2, -0.15) is 0 Å². The van der Waals surface area contributed by atoms with Crippen LogP contribution in [0.15, 0.2) is 29.3 Å². The molecule has 2 heterocycles. The molecular weight excluding hydrogens is 364 g/mol. The van der Waals surface area contributed by atoms with Crippen molar-refractivity contribution in [2.45, 2.75) is 64.0 Å². The highest BCUT2D eigenvalue weighted by Crippen LogP contribution is 2.39. The molecule has 3 aliphatic rings. The van der Waals surface area contributed by atoms with Crippen molar-refractivity contribution in [3.63, 3.8) is 0 Å². The molecule has 0 aromatic heterocycles. The second-order valence-electron chi connectivity index (χ2n) is 9.12. The predicted molar refractivity (Wildman–Crippen MR) is 117 cm³/mol. The number of carbonyl (C=O) groups excluding carboxylic acids is 1. The minimum Gasteiger partial charge on any atom is -0.497 e. The molecule has 1 spiro atoms. The smallest absolute Gasteiger partial charge is 0.328 e. The second-order valence-corrected chi connectivity index (χ2v) is 9.12. The number of hydrogen-bond donors (Lipinski definition) is 1. The van der Waals surface area contributed by atoms with Gasteiger partial charge in [-0.1, -0.05) is 32.8 Å². The molecule has 6 heteroatoms. The Morgan fingerprint density at radius 3 is 2.83 bits per heavy atom. The standard InChI is InChI=1S/C23H34N4O2/c1-17(2)11-13-26-14-12-23(16-26)21(24-18-7-4-5-8-18)25-22(28)27(23)19-9-6-10-20(15-19)29-3/h6,9-10,15,17-18H,4-5,7-8,11-14,16H2,1-3H3,(H,24,25,28). The molecule has 2 amide bonds. The highest BCUT2D eigenvalue weighted by molar-refractivity contribution is 6.19. The Morgan fingerprint density at radius 2 is 2.10 bits per heavy atom. The van der Waals surface area contributed by atoms with E-state index in [1.54, 1.807) is 7.11 Å². The van der Waals surface area contributed by atoms with Gasteiger partial charge in [0.15, 0.2) is 0 Å². The van der Waals surface area contributed by atoms with Crippen molar-refractivity contribution in [1.29, 1.82) is 0 Å². The van der Waals surface area contributed by atoms with Crippen LogP contribution in [0, 0.1) is 5.92 Å². The molecule has 1 aliphatic carbocycles. The van der Waals surface area contributed by atoms with E-state index in [1.165, 1.54) is 19.3 Å². The highest BCUT2D eigenvalue weighted by atomic mass is 16.5. The molecule has 1 unspecified atom stereocenters. The molecule has 3 fully saturated rings. The van der Waals surface area contributed by atoms with E-state index < -0.39 is 5.54 Å². The summed E-state index contributed by atoms with van der Waals surface area (Å²) in [5.41, 5.74) is 0.479. The fraction of sp³-hybridized carbons (Fsp3) is 0.652. The molecule has 6 nitrogen and oxygen atoms in total. The maximum atomic E-state index is 13.2. The zero-order valence-corrected chi connectivity index (χ0v) is 18.0. The minimum atomic E-state index is -0.400. The average Bonchev–Trinajstić information content (AvgIpc) is 3.42. The Balaban J connectivity index is 1.68. The molecule has 1 aromatic carbocycles. The van der Waals surface area contributed by atoms with E-state index in [2.05, 4.69) is 24.1 Å². The van der Waals surface area contributed by atoms with Gasteiger partial charge in [0.2, 0.25) is 0 Å². The molecular formula is C23H34N4O2. The molecule has 29 heavy (non-hydrogen) atoms. The lowest BCUT2D eigenvalue weighted by Crippen LogP contribution is -2.52. The monoisotopic (exact) mass is 398 g/mol. The van der Waals surface area contributed by atoms with Crippen LogP contribution in [0.5, 0.6) is 5.75 Å². The first-order chi connectivity index (χ1) is 14.0. The number of nitrogens with zero attached hydrogens (tertiary/aromatic N) is 3. The van der Waals surface area contributed by atoms with Crippen LogP contribution in [-0.2, 0) is 0 Å². The van der Waals surface area contributed by atoms with E-state index in [0.717, 1.165) is 56.2 Å². The first kappa shape index (κ1) is 20.2. The van der Waals surface area contributed by atoms with E-state index in [9.17, 15) is 4.79 Å². The van der Waals surface area contributed by atoms with Crippen molar-refractivity contribution < 1.29 is 9.53 Å². The zero-order valence-electron chi connectivity index (χ0n) is 18.0. The van der Waals surface area contributed by atoms with Crippen molar-refractivity contribution in [2.24, 2.45) is 10.9 Å². The van der Waals surface area contributed by atoms with E-state index in [-0.39, 0.29) is 6.03 Å². The second kappa shape index (κ2) is 8.34. The van der Waals surface area contributed by atoms with Gasteiger partial charge in [-0.05, 0) is 50.3 Å². The number of likely N-dealkylation sites (tertiary alicyclic amines) is 1. The number of hydrogen-bond acceptors (Lipinski definition) is 4. The van der Waals surface area contributed by atoms with Crippen LogP contribution in [0.1, 0.15) is 52.4 Å². The summed E-state index contributed by atoms with van der Waals surface area (Å²) in [5, 5.41) is 3.15. The van der Waals surface area contributed by atoms with Gasteiger partial charge in [0, 0.05) is 19.2 Å². The lowest BCUT2D eigenvalue weighted by molar-refractivity contribution is 0.250. The van der Waals surface area contributed by atoms with Crippen LogP contribution in [-0.4, -0.2) is 55.1 Å². The number of anilines is 1. The number of ether oxygens (including phenoxy) is 1. The van der Waals surface area contributed by atoms with E-state index in [4.69, 9.17) is 9.73 Å². The average molecular weight is 399 g/mol. The van der Waals surface area contributed by atoms with Crippen LogP contribution < -0.4 is 15.0 Å². The Morgan fingerprint density at radius 1 is 1.31 bits per heavy atom. The zero-order chi connectivity index (χ0) is 20.4. The summed E-state index contributed by atoms with van der Waals surface area (Å²) in [5.74, 6) is 2.32. The molecule has 4 rings (SSSR count). The van der Waals surface area contributed by atoms with Gasteiger partial charge in [0.25, 0.3) is 0 Å². The van der Waals surface area contributed by atoms with Crippen molar-refractivity contribution in [1.82, 2.24) is 10.2 Å². The van der Waals surface area contributed by atoms with E-state index in [1.807, 2.05) is 29.2 Å². The fourth-order valence-electron chi connectivity index (χ4n) is 4.93. The molecule has 0 radical (unpaired) electrons. The van der Waals surface area contributed by atoms with Gasteiger partial charge >= 0.3 is 6.03 Å². The van der Waals surface area contributed by atoms with E-state index >= 15 is 0 Å². The molecule has 1 atom stereocenters. The molecule has 2 saturated heterocycles. The Kier molecular flexibility index (Phi) is 5.81. The van der Waals surface area contributed by atoms with Crippen LogP contribution in [0.3, 0.4) is 0 Å². The lowest BCUT2D eigenvalue weighted by Gasteiger charge is -2.34. The summed E-state index contributed by atoms with van der Waals surface area (Å²) < 4.78 is 5.42. The molecule has 1 aromatic rings. The summed E-state index contributed by atoms with van der Waals surface area (Å²) in [6.45, 7) is 7.42. The summed E-state index contributed by atoms with van der Waals surface area (Å²) in [6, 6.07) is 8.10. The summed E-state index contributed by atoms with van der Waals surface area (Å²) in [6.07, 6.45) is 6.82. The van der Waals surface area contributed by atoms with Gasteiger partial charge in [-0.3, -0.25) is 15.2 Å². The number of urea groups is 1. The molecule has 1 N–H and O–H groups in total. The third-order valence-electron chi connectivity index (χ3n) is 6.59. The van der Waals surface area contributed by atoms with Crippen LogP contribution >= 0.6 is 0 Å². The summed E-state index contributed by atoms with van der Waals surface area (Å²) >= 11 is 0. The van der Waals surface area contributed by atoms with E-state index in [0.29, 0.717) is 12.0 Å². The van der Waals surface area contributed by atoms with Gasteiger partial charge in [0.05, 0.1) is 18.8 Å². The Hall–Kier alpha value is -2.08. The highest BCUT2D eigenvalue weighted by Gasteiger charge is 2.55. The number of nitrogens with one attached hydrogen (secondary N) is 1. The van der Waals surface area contributed by atoms with Gasteiger partial charge in [-0.15, -0.1) is 0 Å². The van der Waals surface area contributed by atoms with Gasteiger partial charge < -0.3 is 9.64 Å². The number of aliphatic imine (C=N–C) groups is 1. The van der Waals surface area contributed by atoms with Crippen molar-refractivity contribution in [3.05, 3.63) is 24.3 Å². The van der Waals surface area contributed by atoms with Crippen molar-refractivity contribution in [3.8, 4) is 5.75 Å². The third-order valence-corrected chi connectivity index (χ3v) is 6.59. The number of methoxy groups -OCH3 is 1. The van der Waals surface area contributed by atoms with Gasteiger partial charge in [0.1, 0.15) is 17.1 Å². The first-order valence-corrected chi connectivity index (χ1v) is 11.1. The van der Waals surface area contributed by atoms with Crippen LogP contribution in [0.4, 0.5) is 10.5 Å². The largest absolute Gasteiger partial charge is 0.497 e. The Bertz CT molecular complexity index is 772. The lowest BCUT2D eigenvalue weighted by atomic mass is 9.95. The third kappa shape index (κ3) is 4.00. The maximum absolute atomic E-state index is 13.2. The van der Waals surface area contributed by atoms with Crippen LogP contribution in [0.2, 0.25) is 0 Å². The van der Waals surface area contributed by atoms with Gasteiger partial charge in [-0.25, -0.2) is 4.79 Å². The predicted octanol–water partition coefficient (Wildman–Crippen LogP) is 4.06. The maximum Gasteiger partial charge on any atom is 0.328 e. The number of rotatable bonds is 6. The van der Waals surface area contributed by atoms with Crippen molar-refractivity contribution >= 4 is 17.6 Å². The van der Waals surface area contributed by atoms with Crippen molar-refractivity contribution in [2.75, 3.05) is 31.6 Å². The normalized spacial score (nSPS) is 27.0. The van der Waals surface area contributed by atoms with Crippen LogP contribution in [0.25, 0.3) is 0 Å². The first-order valence-electron chi connectivity index (χ1n) is 11.1. The molecule has 0 bridgehead atoms. The quantitative estimate of drug-likeness (QED) is 0.786. The number of benzene rings is 1. The topological polar surface area (TPSA) is 57.2 Å². The fourth-order valence-corrected chi connectivity index (χ4v) is 4.93. The minimum absolute atomic E-state index is 0.0688. The summed E-state index contributed by atoms with van der Waals surface area (Å²) in [4.78, 5) is 22.7. The number of carbonyl (C=O) groups is 1. The number of amidine groups is 1. The summed E-state index contributed by atoms with van der Waals surface area (Å²) in [7, 11) is 1.66.